The summed E-state index contributed by atoms with van der Waals surface area (Å²) < 4.78 is 16.8. The van der Waals surface area contributed by atoms with E-state index >= 15 is 0 Å². The van der Waals surface area contributed by atoms with E-state index < -0.39 is 6.10 Å². The van der Waals surface area contributed by atoms with Gasteiger partial charge in [0.2, 0.25) is 0 Å². The first-order valence-electron chi connectivity index (χ1n) is 29.0. The summed E-state index contributed by atoms with van der Waals surface area (Å²) in [5, 5.41) is 0. The maximum Gasteiger partial charge on any atom is 0.306 e. The third-order valence-corrected chi connectivity index (χ3v) is 12.9. The van der Waals surface area contributed by atoms with Gasteiger partial charge in [-0.05, 0) is 51.4 Å². The van der Waals surface area contributed by atoms with Gasteiger partial charge < -0.3 is 14.2 Å². The Bertz CT molecular complexity index is 1110. The summed E-state index contributed by atoms with van der Waals surface area (Å²) in [6.07, 6.45) is 65.7. The predicted octanol–water partition coefficient (Wildman–Crippen LogP) is 19.3. The topological polar surface area (TPSA) is 78.9 Å². The second-order valence-electron chi connectivity index (χ2n) is 19.5. The van der Waals surface area contributed by atoms with Crippen LogP contribution in [0.1, 0.15) is 310 Å². The van der Waals surface area contributed by atoms with E-state index in [4.69, 9.17) is 14.2 Å². The van der Waals surface area contributed by atoms with Crippen molar-refractivity contribution in [1.82, 2.24) is 0 Å². The van der Waals surface area contributed by atoms with Crippen molar-refractivity contribution in [2.75, 3.05) is 13.2 Å². The summed E-state index contributed by atoms with van der Waals surface area (Å²) in [5.74, 6) is -0.875. The summed E-state index contributed by atoms with van der Waals surface area (Å²) in [6.45, 7) is 6.55. The molecule has 0 radical (unpaired) electrons. The molecule has 0 fully saturated rings. The smallest absolute Gasteiger partial charge is 0.306 e. The molecule has 0 saturated heterocycles. The average molecular weight is 928 g/mol. The van der Waals surface area contributed by atoms with Gasteiger partial charge in [-0.15, -0.1) is 0 Å². The van der Waals surface area contributed by atoms with Crippen molar-refractivity contribution < 1.29 is 28.6 Å². The Morgan fingerprint density at radius 2 is 0.591 bits per heavy atom. The lowest BCUT2D eigenvalue weighted by Crippen LogP contribution is -2.30. The van der Waals surface area contributed by atoms with Gasteiger partial charge in [0.1, 0.15) is 13.2 Å². The maximum absolute atomic E-state index is 12.8. The highest BCUT2D eigenvalue weighted by Gasteiger charge is 2.19. The van der Waals surface area contributed by atoms with E-state index in [-0.39, 0.29) is 31.1 Å². The van der Waals surface area contributed by atoms with Crippen LogP contribution in [0.5, 0.6) is 0 Å². The maximum atomic E-state index is 12.8. The number of rotatable bonds is 53. The average Bonchev–Trinajstić information content (AvgIpc) is 3.31. The second kappa shape index (κ2) is 55.2. The Morgan fingerprint density at radius 1 is 0.318 bits per heavy atom. The molecule has 0 rings (SSSR count). The van der Waals surface area contributed by atoms with Crippen LogP contribution in [0.3, 0.4) is 0 Å². The molecule has 0 aromatic carbocycles. The molecule has 0 bridgehead atoms. The fourth-order valence-electron chi connectivity index (χ4n) is 8.58. The third-order valence-electron chi connectivity index (χ3n) is 12.9. The molecule has 386 valence electrons. The summed E-state index contributed by atoms with van der Waals surface area (Å²) >= 11 is 0. The molecule has 66 heavy (non-hydrogen) atoms. The van der Waals surface area contributed by atoms with Crippen molar-refractivity contribution in [2.45, 2.75) is 316 Å². The van der Waals surface area contributed by atoms with Crippen LogP contribution in [0.15, 0.2) is 36.5 Å². The van der Waals surface area contributed by atoms with Crippen LogP contribution in [0, 0.1) is 0 Å². The van der Waals surface area contributed by atoms with Gasteiger partial charge in [0.25, 0.3) is 0 Å². The molecule has 0 spiro atoms. The number of hydrogen-bond donors (Lipinski definition) is 0. The normalized spacial score (nSPS) is 12.2. The summed E-state index contributed by atoms with van der Waals surface area (Å²) in [5.41, 5.74) is 0. The van der Waals surface area contributed by atoms with E-state index in [1.54, 1.807) is 0 Å². The van der Waals surface area contributed by atoms with Gasteiger partial charge in [-0.1, -0.05) is 276 Å². The largest absolute Gasteiger partial charge is 0.462 e. The van der Waals surface area contributed by atoms with Crippen molar-refractivity contribution in [3.63, 3.8) is 0 Å². The van der Waals surface area contributed by atoms with Crippen LogP contribution < -0.4 is 0 Å². The Hall–Kier alpha value is -2.37. The van der Waals surface area contributed by atoms with E-state index in [1.165, 1.54) is 173 Å². The Kier molecular flexibility index (Phi) is 53.2. The van der Waals surface area contributed by atoms with E-state index in [0.717, 1.165) is 96.3 Å². The summed E-state index contributed by atoms with van der Waals surface area (Å²) in [4.78, 5) is 38.1. The molecule has 0 aromatic heterocycles. The Labute approximate surface area is 410 Å². The lowest BCUT2D eigenvalue weighted by Gasteiger charge is -2.18. The van der Waals surface area contributed by atoms with Crippen molar-refractivity contribution in [3.8, 4) is 0 Å². The Balaban J connectivity index is 4.25. The Morgan fingerprint density at radius 3 is 0.924 bits per heavy atom. The fraction of sp³-hybridized carbons (Fsp3) is 0.850. The second-order valence-corrected chi connectivity index (χ2v) is 19.5. The van der Waals surface area contributed by atoms with Crippen molar-refractivity contribution in [2.24, 2.45) is 0 Å². The zero-order valence-electron chi connectivity index (χ0n) is 44.2. The first-order valence-corrected chi connectivity index (χ1v) is 29.0. The summed E-state index contributed by atoms with van der Waals surface area (Å²) in [7, 11) is 0. The molecule has 0 aliphatic carbocycles. The monoisotopic (exact) mass is 927 g/mol. The number of allylic oxidation sites excluding steroid dienone is 6. The molecule has 6 nitrogen and oxygen atoms in total. The predicted molar refractivity (Wildman–Crippen MR) is 284 cm³/mol. The lowest BCUT2D eigenvalue weighted by atomic mass is 10.0. The molecule has 1 atom stereocenters. The number of ether oxygens (including phenoxy) is 3. The molecule has 0 aliphatic rings. The number of esters is 3. The van der Waals surface area contributed by atoms with E-state index in [2.05, 4.69) is 57.2 Å². The van der Waals surface area contributed by atoms with Gasteiger partial charge in [0, 0.05) is 19.3 Å². The van der Waals surface area contributed by atoms with Gasteiger partial charge in [-0.2, -0.15) is 0 Å². The number of carbonyl (C=O) groups excluding carboxylic acids is 3. The lowest BCUT2D eigenvalue weighted by molar-refractivity contribution is -0.167. The zero-order valence-corrected chi connectivity index (χ0v) is 44.2. The van der Waals surface area contributed by atoms with Crippen molar-refractivity contribution in [1.29, 1.82) is 0 Å². The van der Waals surface area contributed by atoms with Crippen LogP contribution in [-0.2, 0) is 28.6 Å². The SMILES string of the molecule is CC/C=C\C/C=C\C/C=C\CCCCCCCC(=O)OC(COC(=O)CCCCCCCCCCCCC)COC(=O)CCCCCCCCCCCCCCCCCCCCCCCC. The van der Waals surface area contributed by atoms with Crippen LogP contribution in [-0.4, -0.2) is 37.2 Å². The molecule has 0 aromatic rings. The molecule has 1 unspecified atom stereocenters. The third kappa shape index (κ3) is 52.6. The molecule has 0 saturated carbocycles. The highest BCUT2D eigenvalue weighted by molar-refractivity contribution is 5.71. The number of unbranched alkanes of at least 4 members (excludes halogenated alkanes) is 36. The fourth-order valence-corrected chi connectivity index (χ4v) is 8.58. The van der Waals surface area contributed by atoms with Crippen LogP contribution in [0.2, 0.25) is 0 Å². The molecule has 0 amide bonds. The van der Waals surface area contributed by atoms with Gasteiger partial charge in [0.15, 0.2) is 6.10 Å². The minimum atomic E-state index is -0.776. The van der Waals surface area contributed by atoms with E-state index in [1.807, 2.05) is 0 Å². The molecule has 6 heteroatoms. The van der Waals surface area contributed by atoms with Gasteiger partial charge in [-0.25, -0.2) is 0 Å². The van der Waals surface area contributed by atoms with Crippen LogP contribution >= 0.6 is 0 Å². The molecule has 0 N–H and O–H groups in total. The van der Waals surface area contributed by atoms with Crippen molar-refractivity contribution >= 4 is 17.9 Å². The zero-order chi connectivity index (χ0) is 47.9. The van der Waals surface area contributed by atoms with Crippen LogP contribution in [0.4, 0.5) is 0 Å². The van der Waals surface area contributed by atoms with Crippen molar-refractivity contribution in [3.05, 3.63) is 36.5 Å². The van der Waals surface area contributed by atoms with Gasteiger partial charge in [-0.3, -0.25) is 14.4 Å². The van der Waals surface area contributed by atoms with E-state index in [9.17, 15) is 14.4 Å². The molecular weight excluding hydrogens is 817 g/mol. The molecular formula is C60H110O6. The van der Waals surface area contributed by atoms with Gasteiger partial charge in [0.05, 0.1) is 0 Å². The van der Waals surface area contributed by atoms with E-state index in [0.29, 0.717) is 19.3 Å². The molecule has 0 aliphatic heterocycles. The first kappa shape index (κ1) is 63.6. The van der Waals surface area contributed by atoms with Gasteiger partial charge >= 0.3 is 17.9 Å². The quantitative estimate of drug-likeness (QED) is 0.0262. The number of hydrogen-bond acceptors (Lipinski definition) is 6. The summed E-state index contributed by atoms with van der Waals surface area (Å²) in [6, 6.07) is 0. The van der Waals surface area contributed by atoms with Crippen LogP contribution in [0.25, 0.3) is 0 Å². The molecule has 0 heterocycles. The number of carbonyl (C=O) groups is 3. The highest BCUT2D eigenvalue weighted by Crippen LogP contribution is 2.17. The minimum absolute atomic E-state index is 0.0746. The first-order chi connectivity index (χ1) is 32.5. The highest BCUT2D eigenvalue weighted by atomic mass is 16.6. The standard InChI is InChI=1S/C60H110O6/c1-4-7-10-13-16-19-22-24-26-27-28-29-30-31-32-34-35-38-41-44-47-50-53-59(62)65-56-57(55-64-58(61)52-49-46-43-40-37-21-18-15-12-9-6-3)66-60(63)54-51-48-45-42-39-36-33-25-23-20-17-14-11-8-5-2/h8,11,17,20,25,33,57H,4-7,9-10,12-16,18-19,21-24,26-32,34-56H2,1-3H3/b11-8-,20-17-,33-25-. The minimum Gasteiger partial charge on any atom is -0.462 e.